The highest BCUT2D eigenvalue weighted by atomic mass is 19.1. The first-order valence-corrected chi connectivity index (χ1v) is 27.5. The number of aliphatic carboxylic acids is 1. The molecule has 22 heteroatoms. The van der Waals surface area contributed by atoms with Gasteiger partial charge in [0.05, 0.1) is 18.0 Å². The highest BCUT2D eigenvalue weighted by Gasteiger charge is 2.39. The molecule has 2 heterocycles. The number of aliphatic hydroxyl groups is 1. The lowest BCUT2D eigenvalue weighted by Gasteiger charge is -2.41. The minimum Gasteiger partial charge on any atom is -0.480 e. The van der Waals surface area contributed by atoms with Crippen molar-refractivity contribution < 1.29 is 62.1 Å². The molecule has 9 N–H and O–H groups in total. The normalized spacial score (nSPS) is 17.1. The number of carboxylic acid groups (broad SMARTS) is 1. The van der Waals surface area contributed by atoms with Gasteiger partial charge in [0, 0.05) is 73.8 Å². The Kier molecular flexibility index (Phi) is 23.6. The third kappa shape index (κ3) is 18.1. The number of imide groups is 1. The van der Waals surface area contributed by atoms with Gasteiger partial charge in [0.1, 0.15) is 36.4 Å². The van der Waals surface area contributed by atoms with E-state index in [-0.39, 0.29) is 68.1 Å². The molecule has 0 bridgehead atoms. The summed E-state index contributed by atoms with van der Waals surface area (Å²) in [6, 6.07) is 8.49. The van der Waals surface area contributed by atoms with Gasteiger partial charge in [0.15, 0.2) is 0 Å². The highest BCUT2D eigenvalue weighted by molar-refractivity contribution is 6.12. The molecule has 2 aromatic carbocycles. The SMILES string of the molecule is CC(C)[C@H](NC(=O)CCCCCN1C(=O)C=CC1=O)C(=O)N[C@@H](C)C(=O)N[C@@H](CCCCNC(=O)C1CCCC1NC(=O)[C@@H](N)CCN(C(=O)CO)[C@@H](c1cc(-c2cc(F)ccc2F)cn1Cc1ccccc1)C(C)(C)C)C(=O)O. The van der Waals surface area contributed by atoms with Gasteiger partial charge in [-0.3, -0.25) is 43.3 Å². The Morgan fingerprint density at radius 1 is 0.825 bits per heavy atom. The number of amides is 8. The van der Waals surface area contributed by atoms with E-state index in [1.54, 1.807) is 26.1 Å². The van der Waals surface area contributed by atoms with Crippen molar-refractivity contribution in [2.75, 3.05) is 26.2 Å². The molecule has 80 heavy (non-hydrogen) atoms. The predicted octanol–water partition coefficient (Wildman–Crippen LogP) is 4.38. The number of nitrogens with two attached hydrogens (primary N) is 1. The van der Waals surface area contributed by atoms with Crippen LogP contribution in [0.4, 0.5) is 8.78 Å². The van der Waals surface area contributed by atoms with E-state index in [0.29, 0.717) is 69.2 Å². The van der Waals surface area contributed by atoms with E-state index in [0.717, 1.165) is 28.7 Å². The lowest BCUT2D eigenvalue weighted by atomic mass is 9.82. The first-order valence-electron chi connectivity index (χ1n) is 27.5. The maximum Gasteiger partial charge on any atom is 0.326 e. The number of nitrogens with one attached hydrogen (secondary N) is 5. The topological polar surface area (TPSA) is 292 Å². The summed E-state index contributed by atoms with van der Waals surface area (Å²) in [7, 11) is 0. The monoisotopic (exact) mass is 1120 g/mol. The number of aliphatic hydroxyl groups excluding tert-OH is 1. The van der Waals surface area contributed by atoms with Crippen molar-refractivity contribution in [1.29, 1.82) is 0 Å². The van der Waals surface area contributed by atoms with Crippen molar-refractivity contribution in [3.05, 3.63) is 95.8 Å². The van der Waals surface area contributed by atoms with Crippen molar-refractivity contribution in [3.63, 3.8) is 0 Å². The zero-order valence-corrected chi connectivity index (χ0v) is 46.6. The van der Waals surface area contributed by atoms with E-state index in [9.17, 15) is 57.8 Å². The molecule has 5 rings (SSSR count). The van der Waals surface area contributed by atoms with Crippen LogP contribution in [0.25, 0.3) is 11.1 Å². The van der Waals surface area contributed by atoms with Crippen molar-refractivity contribution in [1.82, 2.24) is 41.0 Å². The van der Waals surface area contributed by atoms with Crippen LogP contribution in [0.1, 0.15) is 129 Å². The smallest absolute Gasteiger partial charge is 0.326 e. The lowest BCUT2D eigenvalue weighted by molar-refractivity contribution is -0.142. The summed E-state index contributed by atoms with van der Waals surface area (Å²) in [5.41, 5.74) is 7.69. The van der Waals surface area contributed by atoms with E-state index in [4.69, 9.17) is 5.73 Å². The molecule has 0 saturated heterocycles. The first-order chi connectivity index (χ1) is 37.9. The number of aromatic nitrogens is 1. The average molecular weight is 1120 g/mol. The number of unbranched alkanes of at least 4 members (excludes halogenated alkanes) is 3. The number of carboxylic acids is 1. The van der Waals surface area contributed by atoms with Crippen LogP contribution in [-0.4, -0.2) is 134 Å². The van der Waals surface area contributed by atoms with Crippen LogP contribution in [0.2, 0.25) is 0 Å². The summed E-state index contributed by atoms with van der Waals surface area (Å²) in [6.45, 7) is 10.4. The van der Waals surface area contributed by atoms with Gasteiger partial charge in [0.25, 0.3) is 11.8 Å². The quantitative estimate of drug-likeness (QED) is 0.0341. The number of halogens is 2. The second-order valence-corrected chi connectivity index (χ2v) is 22.1. The molecule has 8 amide bonds. The van der Waals surface area contributed by atoms with Crippen molar-refractivity contribution in [2.24, 2.45) is 23.0 Å². The van der Waals surface area contributed by atoms with Gasteiger partial charge in [-0.05, 0) is 99.5 Å². The van der Waals surface area contributed by atoms with E-state index >= 15 is 4.39 Å². The lowest BCUT2D eigenvalue weighted by Crippen LogP contribution is -2.56. The van der Waals surface area contributed by atoms with Crippen molar-refractivity contribution >= 4 is 53.2 Å². The third-order valence-electron chi connectivity index (χ3n) is 14.5. The second-order valence-electron chi connectivity index (χ2n) is 22.1. The maximum absolute atomic E-state index is 15.2. The molecule has 7 atom stereocenters. The van der Waals surface area contributed by atoms with Gasteiger partial charge in [-0.2, -0.15) is 0 Å². The molecular weight excluding hydrogens is 1040 g/mol. The summed E-state index contributed by atoms with van der Waals surface area (Å²) < 4.78 is 31.5. The number of benzene rings is 2. The standard InChI is InChI=1S/C58H79F2N9O11/c1-35(2)51(66-47(71)21-11-8-14-28-68-48(72)24-25-49(68)73)56(78)63-36(3)53(75)65-45(57(79)80)19-12-13-27-62-54(76)40-18-15-20-44(40)64-55(77)43(61)26-29-69(50(74)34-70)52(58(4,5)6)46-30-38(41-31-39(59)22-23-42(41)60)33-67(46)32-37-16-9-7-10-17-37/h7,9-10,16-17,22-25,30-31,33,35-36,40,43-45,51-52,70H,8,11-15,18-21,26-29,32,34,61H2,1-6H3,(H,62,76)(H,63,78)(H,64,77)(H,65,75)(H,66,71)(H,79,80)/t36-,40?,43-,44?,45-,51-,52-/m0/s1. The van der Waals surface area contributed by atoms with E-state index in [2.05, 4.69) is 26.6 Å². The summed E-state index contributed by atoms with van der Waals surface area (Å²) in [4.78, 5) is 118. The molecule has 1 aliphatic carbocycles. The molecule has 2 unspecified atom stereocenters. The van der Waals surface area contributed by atoms with Gasteiger partial charge in [-0.25, -0.2) is 13.6 Å². The number of hydrogen-bond acceptors (Lipinski definition) is 11. The molecule has 1 saturated carbocycles. The number of carbonyl (C=O) groups excluding carboxylic acids is 8. The van der Waals surface area contributed by atoms with Gasteiger partial charge >= 0.3 is 5.97 Å². The Hall–Kier alpha value is -7.33. The number of nitrogens with zero attached hydrogens (tertiary/aromatic N) is 3. The summed E-state index contributed by atoms with van der Waals surface area (Å²) in [6.07, 6.45) is 8.01. The third-order valence-corrected chi connectivity index (χ3v) is 14.5. The van der Waals surface area contributed by atoms with Crippen LogP contribution in [0.15, 0.2) is 72.9 Å². The number of carbonyl (C=O) groups is 9. The van der Waals surface area contributed by atoms with Gasteiger partial charge in [-0.1, -0.05) is 77.8 Å². The zero-order chi connectivity index (χ0) is 58.8. The molecule has 20 nitrogen and oxygen atoms in total. The Bertz CT molecular complexity index is 2690. The molecule has 2 aliphatic rings. The largest absolute Gasteiger partial charge is 0.480 e. The Balaban J connectivity index is 1.09. The number of hydrogen-bond donors (Lipinski definition) is 8. The van der Waals surface area contributed by atoms with Crippen LogP contribution in [0.3, 0.4) is 0 Å². The minimum absolute atomic E-state index is 0.0119. The van der Waals surface area contributed by atoms with Crippen LogP contribution in [0.5, 0.6) is 0 Å². The van der Waals surface area contributed by atoms with Crippen molar-refractivity contribution in [3.8, 4) is 11.1 Å². The van der Waals surface area contributed by atoms with Crippen LogP contribution in [0, 0.1) is 28.9 Å². The fourth-order valence-electron chi connectivity index (χ4n) is 10.1. The molecule has 1 fully saturated rings. The first kappa shape index (κ1) is 63.5. The summed E-state index contributed by atoms with van der Waals surface area (Å²) in [5, 5.41) is 33.7. The number of rotatable bonds is 30. The Labute approximate surface area is 466 Å². The molecule has 1 aliphatic heterocycles. The summed E-state index contributed by atoms with van der Waals surface area (Å²) in [5.74, 6) is -7.49. The molecule has 3 aromatic rings. The molecule has 436 valence electrons. The molecule has 1 aromatic heterocycles. The minimum atomic E-state index is -1.31. The molecule has 0 radical (unpaired) electrons. The Morgan fingerprint density at radius 2 is 1.52 bits per heavy atom. The van der Waals surface area contributed by atoms with E-state index in [1.165, 1.54) is 24.0 Å². The van der Waals surface area contributed by atoms with Gasteiger partial charge in [-0.15, -0.1) is 0 Å². The van der Waals surface area contributed by atoms with Crippen LogP contribution >= 0.6 is 0 Å². The molecule has 0 spiro atoms. The van der Waals surface area contributed by atoms with Crippen LogP contribution in [-0.2, 0) is 49.7 Å². The average Bonchev–Trinajstić information content (AvgIpc) is 4.19. The second kappa shape index (κ2) is 29.8. The predicted molar refractivity (Wildman–Crippen MR) is 293 cm³/mol. The maximum atomic E-state index is 15.2. The Morgan fingerprint density at radius 3 is 2.17 bits per heavy atom. The van der Waals surface area contributed by atoms with E-state index in [1.807, 2.05) is 55.7 Å². The fourth-order valence-corrected chi connectivity index (χ4v) is 10.1. The zero-order valence-electron chi connectivity index (χ0n) is 46.6. The van der Waals surface area contributed by atoms with Gasteiger partial charge < -0.3 is 52.0 Å². The molecular formula is C58H79F2N9O11. The van der Waals surface area contributed by atoms with Crippen LogP contribution < -0.4 is 32.3 Å². The van der Waals surface area contributed by atoms with Crippen molar-refractivity contribution in [2.45, 2.75) is 155 Å². The van der Waals surface area contributed by atoms with E-state index < -0.39 is 101 Å². The highest BCUT2D eigenvalue weighted by Crippen LogP contribution is 2.41. The summed E-state index contributed by atoms with van der Waals surface area (Å²) >= 11 is 0. The van der Waals surface area contributed by atoms with Gasteiger partial charge in [0.2, 0.25) is 35.4 Å². The fraction of sp³-hybridized carbons (Fsp3) is 0.534.